The third-order valence-corrected chi connectivity index (χ3v) is 5.77. The lowest BCUT2D eigenvalue weighted by Crippen LogP contribution is -2.61. The molecule has 0 aliphatic carbocycles. The first-order chi connectivity index (χ1) is 6.87. The molecule has 0 spiro atoms. The Kier molecular flexibility index (Phi) is 3.64. The number of ether oxygens (including phenoxy) is 1. The second-order valence-corrected chi connectivity index (χ2v) is 11.1. The van der Waals surface area contributed by atoms with Crippen LogP contribution < -0.4 is 0 Å². The van der Waals surface area contributed by atoms with Crippen LogP contribution in [-0.2, 0) is 9.53 Å². The number of hydrogen-bond donors (Lipinski definition) is 0. The van der Waals surface area contributed by atoms with Crippen LogP contribution in [0.4, 0.5) is 0 Å². The summed E-state index contributed by atoms with van der Waals surface area (Å²) in [6.45, 7) is 11.2. The van der Waals surface area contributed by atoms with Crippen LogP contribution in [-0.4, -0.2) is 19.6 Å². The first-order valence-electron chi connectivity index (χ1n) is 6.10. The van der Waals surface area contributed by atoms with Gasteiger partial charge in [-0.1, -0.05) is 46.3 Å². The van der Waals surface area contributed by atoms with Crippen LogP contribution in [0.1, 0.15) is 39.5 Å². The minimum atomic E-state index is -1.42. The topological polar surface area (TPSA) is 26.3 Å². The summed E-state index contributed by atoms with van der Waals surface area (Å²) < 4.78 is 5.54. The minimum absolute atomic E-state index is 0.0658. The van der Waals surface area contributed by atoms with E-state index in [0.29, 0.717) is 0 Å². The standard InChI is InChI=1S/C12H24O2Si/c1-6-8-12(9-7-2)10(11(13)14-12)15(3,4)5/h10H,6-9H2,1-5H3. The van der Waals surface area contributed by atoms with Crippen LogP contribution >= 0.6 is 0 Å². The molecule has 0 saturated carbocycles. The van der Waals surface area contributed by atoms with Gasteiger partial charge in [0.15, 0.2) is 0 Å². The maximum atomic E-state index is 11.7. The number of hydrogen-bond acceptors (Lipinski definition) is 2. The van der Waals surface area contributed by atoms with E-state index in [1.165, 1.54) is 0 Å². The van der Waals surface area contributed by atoms with E-state index in [2.05, 4.69) is 33.5 Å². The van der Waals surface area contributed by atoms with Gasteiger partial charge in [0, 0.05) is 0 Å². The van der Waals surface area contributed by atoms with Gasteiger partial charge in [0.05, 0.1) is 13.6 Å². The van der Waals surface area contributed by atoms with Crippen LogP contribution in [0.15, 0.2) is 0 Å². The zero-order valence-electron chi connectivity index (χ0n) is 10.7. The van der Waals surface area contributed by atoms with Gasteiger partial charge in [-0.3, -0.25) is 4.79 Å². The highest BCUT2D eigenvalue weighted by Gasteiger charge is 2.60. The average Bonchev–Trinajstić information content (AvgIpc) is 2.00. The summed E-state index contributed by atoms with van der Waals surface area (Å²) in [4.78, 5) is 11.7. The summed E-state index contributed by atoms with van der Waals surface area (Å²) in [6.07, 6.45) is 4.30. The highest BCUT2D eigenvalue weighted by atomic mass is 28.3. The van der Waals surface area contributed by atoms with Crippen LogP contribution in [0.5, 0.6) is 0 Å². The summed E-state index contributed by atoms with van der Waals surface area (Å²) in [7, 11) is -1.42. The van der Waals surface area contributed by atoms with E-state index in [9.17, 15) is 4.79 Å². The fourth-order valence-corrected chi connectivity index (χ4v) is 5.67. The lowest BCUT2D eigenvalue weighted by molar-refractivity contribution is -0.194. The first kappa shape index (κ1) is 12.8. The number of carbonyl (C=O) groups excluding carboxylic acids is 1. The lowest BCUT2D eigenvalue weighted by atomic mass is 9.84. The van der Waals surface area contributed by atoms with Crippen molar-refractivity contribution in [2.75, 3.05) is 0 Å². The van der Waals surface area contributed by atoms with Crippen molar-refractivity contribution in [1.29, 1.82) is 0 Å². The molecule has 0 aromatic rings. The maximum Gasteiger partial charge on any atom is 0.310 e. The first-order valence-corrected chi connectivity index (χ1v) is 9.68. The van der Waals surface area contributed by atoms with E-state index in [1.54, 1.807) is 0 Å². The second kappa shape index (κ2) is 4.28. The van der Waals surface area contributed by atoms with Crippen molar-refractivity contribution < 1.29 is 9.53 Å². The maximum absolute atomic E-state index is 11.7. The smallest absolute Gasteiger partial charge is 0.310 e. The Morgan fingerprint density at radius 2 is 1.67 bits per heavy atom. The summed E-state index contributed by atoms with van der Waals surface area (Å²) in [5.74, 6) is 0.0658. The molecule has 0 radical (unpaired) electrons. The number of rotatable bonds is 5. The van der Waals surface area contributed by atoms with Gasteiger partial charge in [0.2, 0.25) is 0 Å². The third-order valence-electron chi connectivity index (χ3n) is 3.28. The molecule has 1 heterocycles. The Bertz CT molecular complexity index is 236. The molecule has 15 heavy (non-hydrogen) atoms. The normalized spacial score (nSPS) is 24.6. The van der Waals surface area contributed by atoms with Gasteiger partial charge in [-0.15, -0.1) is 0 Å². The van der Waals surface area contributed by atoms with Crippen molar-refractivity contribution in [3.63, 3.8) is 0 Å². The largest absolute Gasteiger partial charge is 0.458 e. The Balaban J connectivity index is 2.85. The molecule has 88 valence electrons. The fourth-order valence-electron chi connectivity index (χ4n) is 2.98. The predicted molar refractivity (Wildman–Crippen MR) is 65.7 cm³/mol. The molecule has 1 aliphatic heterocycles. The van der Waals surface area contributed by atoms with Crippen molar-refractivity contribution in [3.8, 4) is 0 Å². The Morgan fingerprint density at radius 3 is 1.93 bits per heavy atom. The predicted octanol–water partition coefficient (Wildman–Crippen LogP) is 3.59. The van der Waals surface area contributed by atoms with Crippen molar-refractivity contribution in [1.82, 2.24) is 0 Å². The fraction of sp³-hybridized carbons (Fsp3) is 0.917. The summed E-state index contributed by atoms with van der Waals surface area (Å²) in [5, 5.41) is 0. The van der Waals surface area contributed by atoms with E-state index >= 15 is 0 Å². The molecule has 0 aromatic carbocycles. The zero-order valence-corrected chi connectivity index (χ0v) is 11.7. The van der Waals surface area contributed by atoms with Gasteiger partial charge in [0.25, 0.3) is 0 Å². The van der Waals surface area contributed by atoms with Gasteiger partial charge < -0.3 is 4.74 Å². The number of esters is 1. The molecule has 2 nitrogen and oxygen atoms in total. The van der Waals surface area contributed by atoms with Crippen molar-refractivity contribution >= 4 is 14.0 Å². The van der Waals surface area contributed by atoms with Crippen molar-refractivity contribution in [3.05, 3.63) is 0 Å². The molecule has 3 heteroatoms. The van der Waals surface area contributed by atoms with Gasteiger partial charge in [-0.05, 0) is 12.8 Å². The van der Waals surface area contributed by atoms with Gasteiger partial charge in [0.1, 0.15) is 5.60 Å². The Hall–Kier alpha value is -0.313. The molecule has 0 N–H and O–H groups in total. The summed E-state index contributed by atoms with van der Waals surface area (Å²) in [5.41, 5.74) is 0.135. The van der Waals surface area contributed by atoms with E-state index in [4.69, 9.17) is 4.74 Å². The third kappa shape index (κ3) is 2.27. The van der Waals surface area contributed by atoms with Crippen molar-refractivity contribution in [2.45, 2.75) is 70.3 Å². The molecule has 0 aromatic heterocycles. The monoisotopic (exact) mass is 228 g/mol. The van der Waals surface area contributed by atoms with Gasteiger partial charge >= 0.3 is 5.97 Å². The minimum Gasteiger partial charge on any atom is -0.458 e. The molecule has 1 aliphatic rings. The Morgan fingerprint density at radius 1 is 1.20 bits per heavy atom. The Labute approximate surface area is 94.4 Å². The van der Waals surface area contributed by atoms with E-state index in [0.717, 1.165) is 25.7 Å². The molecule has 1 atom stereocenters. The van der Waals surface area contributed by atoms with Gasteiger partial charge in [-0.2, -0.15) is 0 Å². The highest BCUT2D eigenvalue weighted by molar-refractivity contribution is 6.81. The molecule has 1 fully saturated rings. The van der Waals surface area contributed by atoms with Crippen molar-refractivity contribution in [2.24, 2.45) is 0 Å². The lowest BCUT2D eigenvalue weighted by Gasteiger charge is -2.52. The van der Waals surface area contributed by atoms with E-state index < -0.39 is 8.07 Å². The average molecular weight is 228 g/mol. The van der Waals surface area contributed by atoms with E-state index in [1.807, 2.05) is 0 Å². The van der Waals surface area contributed by atoms with Crippen LogP contribution in [0.3, 0.4) is 0 Å². The SMILES string of the molecule is CCCC1(CCC)OC(=O)C1[Si](C)(C)C. The second-order valence-electron chi connectivity index (χ2n) is 5.78. The molecule has 1 saturated heterocycles. The van der Waals surface area contributed by atoms with Gasteiger partial charge in [-0.25, -0.2) is 0 Å². The van der Waals surface area contributed by atoms with Crippen LogP contribution in [0.2, 0.25) is 25.2 Å². The molecule has 1 unspecified atom stereocenters. The molecular formula is C12H24O2Si. The molecule has 1 rings (SSSR count). The van der Waals surface area contributed by atoms with E-state index in [-0.39, 0.29) is 17.1 Å². The number of cyclic esters (lactones) is 1. The number of carbonyl (C=O) groups is 1. The highest BCUT2D eigenvalue weighted by Crippen LogP contribution is 2.51. The zero-order chi connectivity index (χ0) is 11.7. The summed E-state index contributed by atoms with van der Waals surface area (Å²) in [6, 6.07) is 0. The molecule has 0 bridgehead atoms. The molecular weight excluding hydrogens is 204 g/mol. The molecule has 0 amide bonds. The quantitative estimate of drug-likeness (QED) is 0.531. The van der Waals surface area contributed by atoms with Crippen LogP contribution in [0, 0.1) is 0 Å². The van der Waals surface area contributed by atoms with Crippen LogP contribution in [0.25, 0.3) is 0 Å². The summed E-state index contributed by atoms with van der Waals surface area (Å²) >= 11 is 0.